The van der Waals surface area contributed by atoms with Crippen molar-refractivity contribution in [2.24, 2.45) is 0 Å². The van der Waals surface area contributed by atoms with Crippen molar-refractivity contribution in [3.63, 3.8) is 0 Å². The molecule has 0 amide bonds. The number of nitrogen functional groups attached to an aromatic ring is 1. The number of anilines is 1. The lowest BCUT2D eigenvalue weighted by Gasteiger charge is -2.26. The maximum Gasteiger partial charge on any atom is 0.490 e. The van der Waals surface area contributed by atoms with Crippen LogP contribution in [0.1, 0.15) is 6.23 Å². The number of phosphoric ester groups is 1. The van der Waals surface area contributed by atoms with E-state index in [1.807, 2.05) is 0 Å². The van der Waals surface area contributed by atoms with Crippen LogP contribution in [0.2, 0.25) is 0 Å². The molecule has 1 saturated heterocycles. The molecule has 0 bridgehead atoms. The van der Waals surface area contributed by atoms with E-state index in [9.17, 15) is 38.0 Å². The minimum atomic E-state index is -5.81. The lowest BCUT2D eigenvalue weighted by Crippen LogP contribution is -2.47. The molecular weight excluding hydrogens is 510 g/mol. The molecule has 1 aliphatic rings. The Hall–Kier alpha value is -1.54. The summed E-state index contributed by atoms with van der Waals surface area (Å²) in [5, 5.41) is 20.8. The number of nitrogens with two attached hydrogens (primary N) is 1. The number of phosphoric acid groups is 3. The second kappa shape index (κ2) is 9.01. The molecule has 1 fully saturated rings. The summed E-state index contributed by atoms with van der Waals surface area (Å²) in [4.78, 5) is 50.6. The van der Waals surface area contributed by atoms with E-state index in [0.29, 0.717) is 10.8 Å². The van der Waals surface area contributed by atoms with Gasteiger partial charge in [-0.3, -0.25) is 9.09 Å². The molecule has 0 aliphatic carbocycles. The molecule has 1 aliphatic heterocycles. The van der Waals surface area contributed by atoms with Gasteiger partial charge in [-0.1, -0.05) is 5.92 Å². The van der Waals surface area contributed by atoms with E-state index >= 15 is 0 Å². The number of hydrogen-bond acceptors (Lipinski definition) is 12. The van der Waals surface area contributed by atoms with Gasteiger partial charge < -0.3 is 40.3 Å². The number of nitrogens with zero attached hydrogens (tertiary/aromatic N) is 2. The fraction of sp³-hybridized carbons (Fsp3) is 0.455. The molecule has 2 heterocycles. The minimum absolute atomic E-state index is 0.333. The lowest BCUT2D eigenvalue weighted by atomic mass is 9.95. The Balaban J connectivity index is 2.22. The summed E-state index contributed by atoms with van der Waals surface area (Å²) in [6.07, 6.45) is -0.378. The Bertz CT molecular complexity index is 1130. The predicted molar refractivity (Wildman–Crippen MR) is 96.4 cm³/mol. The molecule has 21 heteroatoms. The first-order chi connectivity index (χ1) is 14.4. The van der Waals surface area contributed by atoms with Gasteiger partial charge in [-0.15, -0.1) is 6.42 Å². The summed E-state index contributed by atoms with van der Waals surface area (Å²) >= 11 is 0. The molecule has 180 valence electrons. The van der Waals surface area contributed by atoms with Gasteiger partial charge in [0.05, 0.1) is 12.8 Å². The number of terminal acetylenes is 1. The highest BCUT2D eigenvalue weighted by molar-refractivity contribution is 7.66. The van der Waals surface area contributed by atoms with Crippen molar-refractivity contribution in [3.8, 4) is 12.3 Å². The van der Waals surface area contributed by atoms with Crippen molar-refractivity contribution in [2.75, 3.05) is 12.3 Å². The average molecular weight is 525 g/mol. The van der Waals surface area contributed by atoms with Crippen molar-refractivity contribution in [3.05, 3.63) is 22.5 Å². The quantitative estimate of drug-likeness (QED) is 0.142. The number of aliphatic hydroxyl groups excluding tert-OH is 1. The third kappa shape index (κ3) is 6.07. The van der Waals surface area contributed by atoms with Crippen LogP contribution in [0.4, 0.5) is 10.2 Å². The van der Waals surface area contributed by atoms with Crippen LogP contribution < -0.4 is 11.4 Å². The molecule has 1 aromatic heterocycles. The van der Waals surface area contributed by atoms with Gasteiger partial charge in [-0.2, -0.15) is 13.6 Å². The lowest BCUT2D eigenvalue weighted by molar-refractivity contribution is -0.0764. The van der Waals surface area contributed by atoms with Gasteiger partial charge in [0.1, 0.15) is 12.2 Å². The molecule has 3 unspecified atom stereocenters. The Morgan fingerprint density at radius 3 is 2.41 bits per heavy atom. The summed E-state index contributed by atoms with van der Waals surface area (Å²) in [5.41, 5.74) is 1.14. The van der Waals surface area contributed by atoms with E-state index in [2.05, 4.69) is 18.1 Å². The molecule has 17 nitrogen and oxygen atoms in total. The molecule has 2 rings (SSSR count). The van der Waals surface area contributed by atoms with E-state index in [1.165, 1.54) is 0 Å². The van der Waals surface area contributed by atoms with Gasteiger partial charge in [0.25, 0.3) is 0 Å². The normalized spacial score (nSPS) is 29.8. The first kappa shape index (κ1) is 26.7. The van der Waals surface area contributed by atoms with Crippen LogP contribution in [0.5, 0.6) is 0 Å². The Morgan fingerprint density at radius 2 is 1.88 bits per heavy atom. The number of aromatic nitrogens is 2. The molecule has 0 radical (unpaired) electrons. The zero-order valence-corrected chi connectivity index (χ0v) is 17.9. The standard InChI is InChI=1S/C11H15FN3O14P3/c1-2-11(18)7(16)6(27-9(11)15-3-5(12)8(13)14-10(15)17)4-26-31(22,23)29-32(24,25)28-30(19,20)21/h1,3,6-7,9,16,18H,4H2,(H,22,23)(H,24,25)(H2,13,14,17)(H2,19,20,21)/t6-,7+,9-,11?/m1/s1. The molecule has 8 N–H and O–H groups in total. The van der Waals surface area contributed by atoms with Crippen molar-refractivity contribution in [1.29, 1.82) is 0 Å². The molecule has 1 aromatic rings. The number of aliphatic hydroxyl groups is 2. The molecule has 0 aromatic carbocycles. The van der Waals surface area contributed by atoms with Gasteiger partial charge in [0.2, 0.25) is 0 Å². The summed E-state index contributed by atoms with van der Waals surface area (Å²) in [7, 11) is -17.0. The first-order valence-corrected chi connectivity index (χ1v) is 12.3. The van der Waals surface area contributed by atoms with Crippen LogP contribution in [0.15, 0.2) is 11.0 Å². The van der Waals surface area contributed by atoms with Crippen LogP contribution in [0.3, 0.4) is 0 Å². The van der Waals surface area contributed by atoms with Crippen molar-refractivity contribution in [2.45, 2.75) is 24.0 Å². The second-order valence-corrected chi connectivity index (χ2v) is 10.4. The zero-order chi connectivity index (χ0) is 24.7. The maximum absolute atomic E-state index is 13.7. The van der Waals surface area contributed by atoms with Gasteiger partial charge >= 0.3 is 29.2 Å². The van der Waals surface area contributed by atoms with Crippen LogP contribution in [-0.4, -0.2) is 63.8 Å². The van der Waals surface area contributed by atoms with Gasteiger partial charge in [-0.05, 0) is 0 Å². The molecule has 32 heavy (non-hydrogen) atoms. The Morgan fingerprint density at radius 1 is 1.28 bits per heavy atom. The van der Waals surface area contributed by atoms with E-state index in [0.717, 1.165) is 0 Å². The summed E-state index contributed by atoms with van der Waals surface area (Å²) in [5.74, 6) is -0.296. The highest BCUT2D eigenvalue weighted by atomic mass is 31.3. The number of ether oxygens (including phenoxy) is 1. The molecular formula is C11H15FN3O14P3. The van der Waals surface area contributed by atoms with Crippen molar-refractivity contribution in [1.82, 2.24) is 9.55 Å². The van der Waals surface area contributed by atoms with Crippen LogP contribution >= 0.6 is 23.5 Å². The monoisotopic (exact) mass is 525 g/mol. The predicted octanol–water partition coefficient (Wildman–Crippen LogP) is -2.07. The summed E-state index contributed by atoms with van der Waals surface area (Å²) in [6, 6.07) is 0. The first-order valence-electron chi connectivity index (χ1n) is 7.77. The average Bonchev–Trinajstić information content (AvgIpc) is 2.85. The van der Waals surface area contributed by atoms with Crippen molar-refractivity contribution >= 4 is 29.3 Å². The van der Waals surface area contributed by atoms with Gasteiger partial charge in [0.15, 0.2) is 23.5 Å². The number of rotatable bonds is 8. The Labute approximate surface area is 176 Å². The zero-order valence-electron chi connectivity index (χ0n) is 15.2. The summed E-state index contributed by atoms with van der Waals surface area (Å²) in [6.45, 7) is -1.22. The van der Waals surface area contributed by atoms with Crippen LogP contribution in [-0.2, 0) is 31.6 Å². The maximum atomic E-state index is 13.7. The van der Waals surface area contributed by atoms with Gasteiger partial charge in [0, 0.05) is 0 Å². The fourth-order valence-electron chi connectivity index (χ4n) is 2.43. The number of halogens is 1. The van der Waals surface area contributed by atoms with E-state index in [4.69, 9.17) is 31.6 Å². The van der Waals surface area contributed by atoms with E-state index in [-0.39, 0.29) is 0 Å². The number of hydrogen-bond donors (Lipinski definition) is 7. The van der Waals surface area contributed by atoms with Crippen molar-refractivity contribution < 1.29 is 65.8 Å². The summed E-state index contributed by atoms with van der Waals surface area (Å²) < 4.78 is 64.1. The highest BCUT2D eigenvalue weighted by Crippen LogP contribution is 2.66. The van der Waals surface area contributed by atoms with E-state index in [1.54, 1.807) is 5.92 Å². The smallest absolute Gasteiger partial charge is 0.386 e. The minimum Gasteiger partial charge on any atom is -0.386 e. The van der Waals surface area contributed by atoms with Crippen LogP contribution in [0, 0.1) is 18.2 Å². The Kier molecular flexibility index (Phi) is 7.52. The SMILES string of the molecule is C#CC1(O)[C@@H](O)[C@@H](COP(=O)(O)OP(=O)(O)OP(=O)(O)O)O[C@H]1n1cc(F)c(N)nc1=O. The largest absolute Gasteiger partial charge is 0.490 e. The highest BCUT2D eigenvalue weighted by Gasteiger charge is 2.56. The molecule has 6 atom stereocenters. The topological polar surface area (TPSA) is 270 Å². The van der Waals surface area contributed by atoms with Crippen LogP contribution in [0.25, 0.3) is 0 Å². The third-order valence-corrected chi connectivity index (χ3v) is 7.52. The van der Waals surface area contributed by atoms with Gasteiger partial charge in [-0.25, -0.2) is 22.9 Å². The van der Waals surface area contributed by atoms with E-state index < -0.39 is 71.4 Å². The third-order valence-electron chi connectivity index (χ3n) is 3.72. The second-order valence-electron chi connectivity index (χ2n) is 5.99. The molecule has 0 spiro atoms. The fourth-order valence-corrected chi connectivity index (χ4v) is 5.46. The molecule has 0 saturated carbocycles.